The second kappa shape index (κ2) is 14.7. The van der Waals surface area contributed by atoms with Gasteiger partial charge in [-0.2, -0.15) is 0 Å². The molecule has 0 heterocycles. The van der Waals surface area contributed by atoms with Gasteiger partial charge in [0.05, 0.1) is 7.11 Å². The van der Waals surface area contributed by atoms with Gasteiger partial charge < -0.3 is 30.1 Å². The van der Waals surface area contributed by atoms with Crippen LogP contribution in [0, 0.1) is 18.8 Å². The number of hydrogen-bond donors (Lipinski definition) is 3. The predicted octanol–water partition coefficient (Wildman–Crippen LogP) is 4.23. The Hall–Kier alpha value is -3.30. The Bertz CT molecular complexity index is 1000. The van der Waals surface area contributed by atoms with Crippen LogP contribution < -0.4 is 10.6 Å². The van der Waals surface area contributed by atoms with E-state index in [1.807, 2.05) is 6.92 Å². The molecule has 10 nitrogen and oxygen atoms in total. The van der Waals surface area contributed by atoms with Crippen molar-refractivity contribution < 1.29 is 33.8 Å². The molecule has 1 aromatic rings. The maximum Gasteiger partial charge on any atom is 0.408 e. The van der Waals surface area contributed by atoms with E-state index in [2.05, 4.69) is 29.2 Å². The zero-order valence-corrected chi connectivity index (χ0v) is 25.1. The first-order valence-corrected chi connectivity index (χ1v) is 13.4. The van der Waals surface area contributed by atoms with Crippen LogP contribution in [-0.2, 0) is 23.9 Å². The zero-order chi connectivity index (χ0) is 30.1. The average Bonchev–Trinajstić information content (AvgIpc) is 2.82. The molecular weight excluding hydrogens is 502 g/mol. The van der Waals surface area contributed by atoms with Crippen LogP contribution in [0.2, 0.25) is 0 Å². The molecule has 0 aliphatic heterocycles. The predicted molar refractivity (Wildman–Crippen MR) is 149 cm³/mol. The minimum Gasteiger partial charge on any atom is -0.507 e. The molecule has 1 rings (SSSR count). The quantitative estimate of drug-likeness (QED) is 0.332. The largest absolute Gasteiger partial charge is 0.507 e. The van der Waals surface area contributed by atoms with Gasteiger partial charge in [-0.15, -0.1) is 0 Å². The molecule has 0 saturated carbocycles. The molecule has 0 aromatic heterocycles. The van der Waals surface area contributed by atoms with Crippen molar-refractivity contribution in [3.05, 3.63) is 29.3 Å². The first-order chi connectivity index (χ1) is 18.0. The van der Waals surface area contributed by atoms with Crippen LogP contribution in [0.25, 0.3) is 0 Å². The number of nitrogens with one attached hydrogen (secondary N) is 2. The molecule has 0 radical (unpaired) electrons. The molecule has 3 unspecified atom stereocenters. The molecule has 0 bridgehead atoms. The van der Waals surface area contributed by atoms with Gasteiger partial charge in [0.1, 0.15) is 30.0 Å². The topological polar surface area (TPSA) is 134 Å². The minimum atomic E-state index is -1.29. The van der Waals surface area contributed by atoms with Gasteiger partial charge in [-0.3, -0.25) is 14.4 Å². The maximum absolute atomic E-state index is 14.3. The summed E-state index contributed by atoms with van der Waals surface area (Å²) in [5.41, 5.74) is -0.0440. The third kappa shape index (κ3) is 10.4. The van der Waals surface area contributed by atoms with E-state index >= 15 is 0 Å². The van der Waals surface area contributed by atoms with E-state index in [4.69, 9.17) is 4.74 Å². The Morgan fingerprint density at radius 1 is 1.03 bits per heavy atom. The number of esters is 1. The monoisotopic (exact) mass is 549 g/mol. The molecule has 0 aliphatic carbocycles. The number of phenolic OH excluding ortho intramolecular Hbond substituents is 1. The third-order valence-corrected chi connectivity index (χ3v) is 6.22. The first-order valence-electron chi connectivity index (χ1n) is 13.4. The highest BCUT2D eigenvalue weighted by molar-refractivity contribution is 5.94. The molecular formula is C29H47N3O7. The molecule has 3 atom stereocenters. The van der Waals surface area contributed by atoms with Crippen molar-refractivity contribution in [2.24, 2.45) is 11.8 Å². The van der Waals surface area contributed by atoms with Gasteiger partial charge in [-0.1, -0.05) is 45.9 Å². The Morgan fingerprint density at radius 2 is 1.64 bits per heavy atom. The van der Waals surface area contributed by atoms with E-state index < -0.39 is 54.1 Å². The lowest BCUT2D eigenvalue weighted by Crippen LogP contribution is -2.57. The highest BCUT2D eigenvalue weighted by Gasteiger charge is 2.41. The highest BCUT2D eigenvalue weighted by atomic mass is 16.6. The Labute approximate surface area is 232 Å². The van der Waals surface area contributed by atoms with Gasteiger partial charge in [-0.25, -0.2) is 4.79 Å². The van der Waals surface area contributed by atoms with E-state index in [-0.39, 0.29) is 17.2 Å². The van der Waals surface area contributed by atoms with Gasteiger partial charge in [0.15, 0.2) is 0 Å². The van der Waals surface area contributed by atoms with E-state index in [0.717, 1.165) is 6.42 Å². The summed E-state index contributed by atoms with van der Waals surface area (Å²) in [7, 11) is 1.21. The number of methoxy groups -OCH3 is 1. The number of phenols is 1. The Kier molecular flexibility index (Phi) is 12.8. The second-order valence-electron chi connectivity index (χ2n) is 11.6. The van der Waals surface area contributed by atoms with Crippen LogP contribution in [-0.4, -0.2) is 65.2 Å². The minimum absolute atomic E-state index is 0.134. The highest BCUT2D eigenvalue weighted by Crippen LogP contribution is 2.34. The van der Waals surface area contributed by atoms with Crippen LogP contribution in [0.15, 0.2) is 18.2 Å². The fourth-order valence-corrected chi connectivity index (χ4v) is 4.07. The van der Waals surface area contributed by atoms with Crippen molar-refractivity contribution in [3.63, 3.8) is 0 Å². The molecule has 10 heteroatoms. The van der Waals surface area contributed by atoms with Crippen molar-refractivity contribution in [1.82, 2.24) is 15.5 Å². The summed E-state index contributed by atoms with van der Waals surface area (Å²) in [5.74, 6) is -1.98. The molecule has 0 saturated heterocycles. The summed E-state index contributed by atoms with van der Waals surface area (Å²) in [4.78, 5) is 53.9. The number of aromatic hydroxyl groups is 1. The number of amides is 3. The number of hydrogen-bond acceptors (Lipinski definition) is 7. The van der Waals surface area contributed by atoms with E-state index in [0.29, 0.717) is 17.9 Å². The Morgan fingerprint density at radius 3 is 2.15 bits per heavy atom. The summed E-state index contributed by atoms with van der Waals surface area (Å²) < 4.78 is 10.1. The summed E-state index contributed by atoms with van der Waals surface area (Å²) in [6, 6.07) is 2.18. The lowest BCUT2D eigenvalue weighted by molar-refractivity contribution is -0.147. The summed E-state index contributed by atoms with van der Waals surface area (Å²) in [6.45, 7) is 16.0. The number of alkyl carbamates (subject to hydrolysis) is 1. The lowest BCUT2D eigenvalue weighted by Gasteiger charge is -2.39. The zero-order valence-electron chi connectivity index (χ0n) is 25.1. The van der Waals surface area contributed by atoms with Gasteiger partial charge in [0.2, 0.25) is 11.8 Å². The number of aryl methyl sites for hydroxylation is 1. The molecule has 0 spiro atoms. The molecule has 220 valence electrons. The van der Waals surface area contributed by atoms with Crippen molar-refractivity contribution in [2.75, 3.05) is 13.7 Å². The van der Waals surface area contributed by atoms with Crippen molar-refractivity contribution >= 4 is 23.9 Å². The number of nitrogens with zero attached hydrogens (tertiary/aromatic N) is 1. The second-order valence-corrected chi connectivity index (χ2v) is 11.6. The maximum atomic E-state index is 14.3. The molecule has 0 fully saturated rings. The molecule has 39 heavy (non-hydrogen) atoms. The molecule has 3 amide bonds. The summed E-state index contributed by atoms with van der Waals surface area (Å²) in [6.07, 6.45) is 0.579. The average molecular weight is 550 g/mol. The molecule has 3 N–H and O–H groups in total. The van der Waals surface area contributed by atoms with Crippen molar-refractivity contribution in [2.45, 2.75) is 98.9 Å². The normalized spacial score (nSPS) is 13.8. The van der Waals surface area contributed by atoms with E-state index in [1.165, 1.54) is 12.0 Å². The fourth-order valence-electron chi connectivity index (χ4n) is 4.07. The smallest absolute Gasteiger partial charge is 0.408 e. The van der Waals surface area contributed by atoms with Crippen molar-refractivity contribution in [1.29, 1.82) is 0 Å². The summed E-state index contributed by atoms with van der Waals surface area (Å²) in [5, 5.41) is 16.2. The number of carbonyl (C=O) groups is 4. The number of para-hydroxylation sites is 1. The van der Waals surface area contributed by atoms with Crippen molar-refractivity contribution in [3.8, 4) is 5.75 Å². The number of rotatable bonds is 12. The fraction of sp³-hybridized carbons (Fsp3) is 0.655. The van der Waals surface area contributed by atoms with Gasteiger partial charge in [0.25, 0.3) is 0 Å². The molecule has 0 aliphatic rings. The number of carbonyl (C=O) groups excluding carboxylic acids is 4. The van der Waals surface area contributed by atoms with Gasteiger partial charge >= 0.3 is 12.1 Å². The van der Waals surface area contributed by atoms with Crippen LogP contribution >= 0.6 is 0 Å². The van der Waals surface area contributed by atoms with Crippen LogP contribution in [0.4, 0.5) is 4.79 Å². The number of ether oxygens (including phenoxy) is 2. The standard InChI is InChI=1S/C29H47N3O7/c1-17(2)14-15-20(6)32(27(36)23(18(3)4)31-28(37)39-29(7,8)9)24(26(35)30-16-22(33)38-10)21-13-11-12-19(5)25(21)34/h11-13,17-18,20,23-24,34H,14-16H2,1-10H3,(H,30,35)(H,31,37). The van der Waals surface area contributed by atoms with Gasteiger partial charge in [-0.05, 0) is 64.9 Å². The SMILES string of the molecule is COC(=O)CNC(=O)C(c1cccc(C)c1O)N(C(=O)C(NC(=O)OC(C)(C)C)C(C)C)C(C)CCC(C)C. The summed E-state index contributed by atoms with van der Waals surface area (Å²) >= 11 is 0. The van der Waals surface area contributed by atoms with Gasteiger partial charge in [0, 0.05) is 11.6 Å². The van der Waals surface area contributed by atoms with E-state index in [1.54, 1.807) is 59.7 Å². The van der Waals surface area contributed by atoms with Crippen LogP contribution in [0.5, 0.6) is 5.75 Å². The first kappa shape index (κ1) is 33.7. The number of benzene rings is 1. The van der Waals surface area contributed by atoms with Crippen LogP contribution in [0.3, 0.4) is 0 Å². The Balaban J connectivity index is 3.69. The van der Waals surface area contributed by atoms with Crippen LogP contribution in [0.1, 0.15) is 85.4 Å². The molecule has 1 aromatic carbocycles. The lowest BCUT2D eigenvalue weighted by atomic mass is 9.94. The third-order valence-electron chi connectivity index (χ3n) is 6.22. The van der Waals surface area contributed by atoms with E-state index in [9.17, 15) is 24.3 Å².